The highest BCUT2D eigenvalue weighted by Crippen LogP contribution is 2.33. The van der Waals surface area contributed by atoms with Crippen LogP contribution in [0, 0.1) is 0 Å². The van der Waals surface area contributed by atoms with Crippen LogP contribution in [0.4, 0.5) is 25.1 Å². The van der Waals surface area contributed by atoms with Crippen molar-refractivity contribution in [3.05, 3.63) is 42.1 Å². The fraction of sp³-hybridized carbons (Fsp3) is 0.350. The second kappa shape index (κ2) is 8.78. The van der Waals surface area contributed by atoms with Gasteiger partial charge >= 0.3 is 6.18 Å². The van der Waals surface area contributed by atoms with Gasteiger partial charge in [0.25, 0.3) is 0 Å². The molecule has 178 valence electrons. The Bertz CT molecular complexity index is 1280. The number of anilines is 2. The minimum absolute atomic E-state index is 0.117. The Hall–Kier alpha value is -3.94. The van der Waals surface area contributed by atoms with Gasteiger partial charge in [-0.1, -0.05) is 0 Å². The van der Waals surface area contributed by atoms with Crippen LogP contribution in [-0.4, -0.2) is 67.9 Å². The fourth-order valence-corrected chi connectivity index (χ4v) is 3.51. The lowest BCUT2D eigenvalue weighted by molar-refractivity contribution is -0.136. The van der Waals surface area contributed by atoms with Gasteiger partial charge in [-0.25, -0.2) is 9.97 Å². The van der Waals surface area contributed by atoms with Crippen LogP contribution in [0.2, 0.25) is 0 Å². The Balaban J connectivity index is 1.42. The fourth-order valence-electron chi connectivity index (χ4n) is 3.51. The molecule has 0 saturated carbocycles. The average Bonchev–Trinajstić information content (AvgIpc) is 3.50. The molecule has 11 nitrogen and oxygen atoms in total. The van der Waals surface area contributed by atoms with Crippen LogP contribution in [0.1, 0.15) is 11.4 Å². The molecule has 14 heteroatoms. The number of fused-ring (bicyclic) bond motifs is 1. The van der Waals surface area contributed by atoms with Crippen molar-refractivity contribution in [3.63, 3.8) is 0 Å². The first-order valence-corrected chi connectivity index (χ1v) is 10.4. The summed E-state index contributed by atoms with van der Waals surface area (Å²) in [5, 5.41) is 6.89. The zero-order valence-electron chi connectivity index (χ0n) is 18.0. The maximum Gasteiger partial charge on any atom is 0.421 e. The van der Waals surface area contributed by atoms with Crippen LogP contribution in [0.15, 0.2) is 30.7 Å². The van der Waals surface area contributed by atoms with Gasteiger partial charge in [-0.15, -0.1) is 0 Å². The molecule has 1 aliphatic rings. The van der Waals surface area contributed by atoms with Crippen LogP contribution in [0.5, 0.6) is 5.88 Å². The van der Waals surface area contributed by atoms with E-state index in [4.69, 9.17) is 9.47 Å². The normalized spacial score (nSPS) is 14.5. The third kappa shape index (κ3) is 4.31. The van der Waals surface area contributed by atoms with E-state index in [1.165, 1.54) is 7.11 Å². The monoisotopic (exact) mass is 475 g/mol. The molecule has 1 aliphatic heterocycles. The summed E-state index contributed by atoms with van der Waals surface area (Å²) in [7, 11) is 1.54. The minimum Gasteiger partial charge on any atom is -0.481 e. The van der Waals surface area contributed by atoms with Crippen molar-refractivity contribution in [1.82, 2.24) is 34.5 Å². The topological polar surface area (TPSA) is 118 Å². The molecule has 4 aromatic rings. The Morgan fingerprint density at radius 2 is 1.94 bits per heavy atom. The van der Waals surface area contributed by atoms with Crippen molar-refractivity contribution < 1.29 is 22.6 Å². The lowest BCUT2D eigenvalue weighted by Gasteiger charge is -2.27. The van der Waals surface area contributed by atoms with Gasteiger partial charge in [-0.2, -0.15) is 32.8 Å². The van der Waals surface area contributed by atoms with E-state index >= 15 is 0 Å². The van der Waals surface area contributed by atoms with Crippen LogP contribution in [0.3, 0.4) is 0 Å². The molecular weight excluding hydrogens is 455 g/mol. The number of methoxy groups -OCH3 is 1. The molecule has 34 heavy (non-hydrogen) atoms. The maximum atomic E-state index is 13.5. The lowest BCUT2D eigenvalue weighted by atomic mass is 10.2. The first-order valence-electron chi connectivity index (χ1n) is 10.4. The van der Waals surface area contributed by atoms with Crippen molar-refractivity contribution >= 4 is 17.5 Å². The van der Waals surface area contributed by atoms with E-state index in [9.17, 15) is 13.2 Å². The van der Waals surface area contributed by atoms with Gasteiger partial charge in [-0.05, 0) is 6.07 Å². The summed E-state index contributed by atoms with van der Waals surface area (Å²) in [6, 6.07) is 3.57. The largest absolute Gasteiger partial charge is 0.481 e. The van der Waals surface area contributed by atoms with Crippen LogP contribution >= 0.6 is 0 Å². The lowest BCUT2D eigenvalue weighted by Crippen LogP contribution is -2.37. The summed E-state index contributed by atoms with van der Waals surface area (Å²) in [5.41, 5.74) is 0.281. The summed E-state index contributed by atoms with van der Waals surface area (Å²) in [6.07, 6.45) is -0.558. The zero-order chi connectivity index (χ0) is 23.7. The third-order valence-corrected chi connectivity index (χ3v) is 5.25. The highest BCUT2D eigenvalue weighted by atomic mass is 19.4. The molecule has 1 fully saturated rings. The van der Waals surface area contributed by atoms with E-state index in [0.717, 1.165) is 22.0 Å². The number of ether oxygens (including phenoxy) is 2. The summed E-state index contributed by atoms with van der Waals surface area (Å²) < 4.78 is 52.0. The van der Waals surface area contributed by atoms with Gasteiger partial charge in [0, 0.05) is 30.9 Å². The quantitative estimate of drug-likeness (QED) is 0.433. The standard InChI is InChI=1S/C20H20F3N9O2/c1-33-16-3-2-12(8-25-16)14-10-24-15(28-14)11-26-18-30-19(31-4-6-34-7-5-31)29-17-13(20(21,22)23)9-27-32(17)18/h2-3,8-10H,4-7,11H2,1H3,(H,24,28)(H,26,29,30). The molecule has 0 bridgehead atoms. The predicted octanol–water partition coefficient (Wildman–Crippen LogP) is 2.39. The van der Waals surface area contributed by atoms with E-state index < -0.39 is 11.7 Å². The average molecular weight is 475 g/mol. The highest BCUT2D eigenvalue weighted by molar-refractivity contribution is 5.58. The summed E-state index contributed by atoms with van der Waals surface area (Å²) in [5.74, 6) is 1.33. The number of H-pyrrole nitrogens is 1. The predicted molar refractivity (Wildman–Crippen MR) is 115 cm³/mol. The van der Waals surface area contributed by atoms with Crippen molar-refractivity contribution in [2.75, 3.05) is 43.6 Å². The number of morpholine rings is 1. The first-order chi connectivity index (χ1) is 16.4. The maximum absolute atomic E-state index is 13.5. The molecular formula is C20H20F3N9O2. The number of hydrogen-bond donors (Lipinski definition) is 2. The Kier molecular flexibility index (Phi) is 5.65. The van der Waals surface area contributed by atoms with Crippen molar-refractivity contribution in [3.8, 4) is 17.1 Å². The molecule has 5 rings (SSSR count). The number of alkyl halides is 3. The van der Waals surface area contributed by atoms with E-state index in [-0.39, 0.29) is 24.1 Å². The number of pyridine rings is 1. The van der Waals surface area contributed by atoms with Crippen molar-refractivity contribution in [2.45, 2.75) is 12.7 Å². The first kappa shape index (κ1) is 21.9. The molecule has 0 amide bonds. The summed E-state index contributed by atoms with van der Waals surface area (Å²) in [4.78, 5) is 22.0. The van der Waals surface area contributed by atoms with Crippen molar-refractivity contribution in [2.24, 2.45) is 0 Å². The number of nitrogens with zero attached hydrogens (tertiary/aromatic N) is 7. The number of aromatic nitrogens is 7. The van der Waals surface area contributed by atoms with E-state index in [1.54, 1.807) is 23.4 Å². The van der Waals surface area contributed by atoms with Gasteiger partial charge in [0.05, 0.1) is 45.0 Å². The number of halogens is 3. The zero-order valence-corrected chi connectivity index (χ0v) is 18.0. The number of nitrogens with one attached hydrogen (secondary N) is 2. The van der Waals surface area contributed by atoms with Crippen LogP contribution < -0.4 is 15.0 Å². The molecule has 4 aromatic heterocycles. The molecule has 0 aromatic carbocycles. The van der Waals surface area contributed by atoms with Crippen LogP contribution in [-0.2, 0) is 17.5 Å². The number of rotatable bonds is 6. The SMILES string of the molecule is COc1ccc(-c2cnc(CNc3nc(N4CCOCC4)nc4c(C(F)(F)F)cnn34)[nH]2)cn1. The minimum atomic E-state index is -4.60. The third-order valence-electron chi connectivity index (χ3n) is 5.25. The molecule has 0 radical (unpaired) electrons. The Morgan fingerprint density at radius 1 is 1.12 bits per heavy atom. The number of imidazole rings is 1. The molecule has 5 heterocycles. The van der Waals surface area contributed by atoms with Gasteiger partial charge in [0.2, 0.25) is 17.8 Å². The van der Waals surface area contributed by atoms with Gasteiger partial charge in [0.1, 0.15) is 11.4 Å². The number of aromatic amines is 1. The van der Waals surface area contributed by atoms with E-state index in [2.05, 4.69) is 35.3 Å². The molecule has 0 aliphatic carbocycles. The summed E-state index contributed by atoms with van der Waals surface area (Å²) in [6.45, 7) is 2.00. The molecule has 0 unspecified atom stereocenters. The highest BCUT2D eigenvalue weighted by Gasteiger charge is 2.36. The Morgan fingerprint density at radius 3 is 2.65 bits per heavy atom. The molecule has 2 N–H and O–H groups in total. The van der Waals surface area contributed by atoms with Gasteiger partial charge in [-0.3, -0.25) is 0 Å². The van der Waals surface area contributed by atoms with Crippen LogP contribution in [0.25, 0.3) is 16.9 Å². The number of hydrogen-bond acceptors (Lipinski definition) is 9. The van der Waals surface area contributed by atoms with Gasteiger partial charge < -0.3 is 24.7 Å². The molecule has 1 saturated heterocycles. The van der Waals surface area contributed by atoms with Crippen molar-refractivity contribution in [1.29, 1.82) is 0 Å². The molecule has 0 atom stereocenters. The van der Waals surface area contributed by atoms with E-state index in [0.29, 0.717) is 38.0 Å². The summed E-state index contributed by atoms with van der Waals surface area (Å²) >= 11 is 0. The second-order valence-corrected chi connectivity index (χ2v) is 7.42. The Labute approximate surface area is 191 Å². The smallest absolute Gasteiger partial charge is 0.421 e. The molecule has 0 spiro atoms. The second-order valence-electron chi connectivity index (χ2n) is 7.42. The van der Waals surface area contributed by atoms with Gasteiger partial charge in [0.15, 0.2) is 5.65 Å². The van der Waals surface area contributed by atoms with E-state index in [1.807, 2.05) is 6.07 Å².